The topological polar surface area (TPSA) is 73.6 Å². The molecule has 1 aliphatic heterocycles. The molecule has 21 heavy (non-hydrogen) atoms. The van der Waals surface area contributed by atoms with Gasteiger partial charge in [0.05, 0.1) is 0 Å². The first-order chi connectivity index (χ1) is 10.2. The molecule has 1 amide bonds. The number of hydrogen-bond donors (Lipinski definition) is 2. The van der Waals surface area contributed by atoms with Crippen molar-refractivity contribution in [1.82, 2.24) is 5.32 Å². The normalized spacial score (nSPS) is 14.6. The second kappa shape index (κ2) is 7.88. The highest BCUT2D eigenvalue weighted by molar-refractivity contribution is 5.76. The third-order valence-electron chi connectivity index (χ3n) is 3.45. The van der Waals surface area contributed by atoms with Crippen molar-refractivity contribution in [2.45, 2.75) is 38.6 Å². The number of hydrogen-bond acceptors (Lipinski definition) is 4. The van der Waals surface area contributed by atoms with Crippen LogP contribution in [0, 0.1) is 0 Å². The van der Waals surface area contributed by atoms with Crippen LogP contribution in [0.5, 0.6) is 11.5 Å². The average molecular weight is 292 g/mol. The largest absolute Gasteiger partial charge is 0.486 e. The number of fused-ring (bicyclic) bond motifs is 1. The smallest absolute Gasteiger partial charge is 0.221 e. The van der Waals surface area contributed by atoms with Crippen LogP contribution in [-0.4, -0.2) is 31.7 Å². The molecule has 1 aliphatic rings. The van der Waals surface area contributed by atoms with Gasteiger partial charge in [0, 0.05) is 19.0 Å². The lowest BCUT2D eigenvalue weighted by atomic mass is 10.1. The Labute approximate surface area is 125 Å². The highest BCUT2D eigenvalue weighted by atomic mass is 16.6. The molecule has 0 aromatic heterocycles. The van der Waals surface area contributed by atoms with E-state index in [1.165, 1.54) is 0 Å². The zero-order chi connectivity index (χ0) is 15.1. The zero-order valence-electron chi connectivity index (χ0n) is 12.6. The predicted octanol–water partition coefficient (Wildman–Crippen LogP) is 1.63. The zero-order valence-corrected chi connectivity index (χ0v) is 12.6. The lowest BCUT2D eigenvalue weighted by Crippen LogP contribution is -2.32. The Morgan fingerprint density at radius 2 is 2.10 bits per heavy atom. The maximum atomic E-state index is 11.7. The molecule has 0 saturated carbocycles. The standard InChI is InChI=1S/C16H24N2O3/c1-2-3-13(17)11-16(19)18-7-6-12-4-5-14-15(10-12)21-9-8-20-14/h4-5,10,13H,2-3,6-9,11,17H2,1H3,(H,18,19). The maximum absolute atomic E-state index is 11.7. The number of benzene rings is 1. The van der Waals surface area contributed by atoms with Crippen LogP contribution in [0.4, 0.5) is 0 Å². The molecule has 1 heterocycles. The van der Waals surface area contributed by atoms with E-state index < -0.39 is 0 Å². The van der Waals surface area contributed by atoms with Gasteiger partial charge in [-0.1, -0.05) is 19.4 Å². The summed E-state index contributed by atoms with van der Waals surface area (Å²) in [7, 11) is 0. The number of carbonyl (C=O) groups excluding carboxylic acids is 1. The van der Waals surface area contributed by atoms with Gasteiger partial charge in [-0.15, -0.1) is 0 Å². The lowest BCUT2D eigenvalue weighted by molar-refractivity contribution is -0.121. The van der Waals surface area contributed by atoms with Gasteiger partial charge >= 0.3 is 0 Å². The van der Waals surface area contributed by atoms with E-state index in [1.54, 1.807) is 0 Å². The van der Waals surface area contributed by atoms with E-state index in [0.717, 1.165) is 36.3 Å². The number of ether oxygens (including phenoxy) is 2. The Bertz CT molecular complexity index is 477. The summed E-state index contributed by atoms with van der Waals surface area (Å²) in [6.45, 7) is 3.86. The summed E-state index contributed by atoms with van der Waals surface area (Å²) < 4.78 is 11.0. The van der Waals surface area contributed by atoms with Crippen LogP contribution in [0.2, 0.25) is 0 Å². The van der Waals surface area contributed by atoms with E-state index in [4.69, 9.17) is 15.2 Å². The van der Waals surface area contributed by atoms with Gasteiger partial charge in [-0.25, -0.2) is 0 Å². The lowest BCUT2D eigenvalue weighted by Gasteiger charge is -2.19. The fourth-order valence-corrected chi connectivity index (χ4v) is 2.37. The Morgan fingerprint density at radius 1 is 1.33 bits per heavy atom. The number of carbonyl (C=O) groups is 1. The van der Waals surface area contributed by atoms with Gasteiger partial charge in [-0.05, 0) is 30.5 Å². The summed E-state index contributed by atoms with van der Waals surface area (Å²) in [6, 6.07) is 5.86. The molecule has 1 aromatic rings. The molecule has 116 valence electrons. The maximum Gasteiger partial charge on any atom is 0.221 e. The quantitative estimate of drug-likeness (QED) is 0.801. The van der Waals surface area contributed by atoms with Gasteiger partial charge in [0.1, 0.15) is 13.2 Å². The first kappa shape index (κ1) is 15.6. The molecular formula is C16H24N2O3. The molecule has 3 N–H and O–H groups in total. The first-order valence-electron chi connectivity index (χ1n) is 7.60. The molecule has 5 heteroatoms. The average Bonchev–Trinajstić information content (AvgIpc) is 2.47. The molecule has 1 unspecified atom stereocenters. The van der Waals surface area contributed by atoms with Crippen LogP contribution in [0.15, 0.2) is 18.2 Å². The highest BCUT2D eigenvalue weighted by Crippen LogP contribution is 2.30. The van der Waals surface area contributed by atoms with E-state index in [0.29, 0.717) is 26.2 Å². The van der Waals surface area contributed by atoms with Crippen LogP contribution >= 0.6 is 0 Å². The number of rotatable bonds is 7. The third-order valence-corrected chi connectivity index (χ3v) is 3.45. The fourth-order valence-electron chi connectivity index (χ4n) is 2.37. The molecule has 0 spiro atoms. The minimum absolute atomic E-state index is 0.0218. The van der Waals surface area contributed by atoms with Crippen LogP contribution in [-0.2, 0) is 11.2 Å². The Morgan fingerprint density at radius 3 is 2.86 bits per heavy atom. The van der Waals surface area contributed by atoms with Crippen molar-refractivity contribution in [2.24, 2.45) is 5.73 Å². The predicted molar refractivity (Wildman–Crippen MR) is 81.6 cm³/mol. The van der Waals surface area contributed by atoms with Crippen molar-refractivity contribution in [3.63, 3.8) is 0 Å². The summed E-state index contributed by atoms with van der Waals surface area (Å²) in [5.74, 6) is 1.60. The molecule has 1 atom stereocenters. The minimum atomic E-state index is -0.0377. The van der Waals surface area contributed by atoms with Crippen molar-refractivity contribution >= 4 is 5.91 Å². The molecule has 0 fully saturated rings. The first-order valence-corrected chi connectivity index (χ1v) is 7.60. The van der Waals surface area contributed by atoms with E-state index in [1.807, 2.05) is 18.2 Å². The van der Waals surface area contributed by atoms with Crippen molar-refractivity contribution in [3.8, 4) is 11.5 Å². The molecule has 2 rings (SSSR count). The fraction of sp³-hybridized carbons (Fsp3) is 0.562. The Hall–Kier alpha value is -1.75. The second-order valence-corrected chi connectivity index (χ2v) is 5.33. The van der Waals surface area contributed by atoms with Crippen molar-refractivity contribution in [3.05, 3.63) is 23.8 Å². The number of nitrogens with one attached hydrogen (secondary N) is 1. The molecule has 0 bridgehead atoms. The van der Waals surface area contributed by atoms with E-state index in [9.17, 15) is 4.79 Å². The summed E-state index contributed by atoms with van der Waals surface area (Å²) in [5.41, 5.74) is 6.98. The molecule has 1 aromatic carbocycles. The monoisotopic (exact) mass is 292 g/mol. The number of amides is 1. The van der Waals surface area contributed by atoms with Gasteiger partial charge in [0.25, 0.3) is 0 Å². The Kier molecular flexibility index (Phi) is 5.87. The molecular weight excluding hydrogens is 268 g/mol. The molecule has 0 radical (unpaired) electrons. The SMILES string of the molecule is CCCC(N)CC(=O)NCCc1ccc2c(c1)OCCO2. The van der Waals surface area contributed by atoms with Crippen LogP contribution in [0.3, 0.4) is 0 Å². The van der Waals surface area contributed by atoms with Crippen LogP contribution in [0.1, 0.15) is 31.7 Å². The van der Waals surface area contributed by atoms with Gasteiger partial charge in [-0.3, -0.25) is 4.79 Å². The molecule has 5 nitrogen and oxygen atoms in total. The molecule has 0 saturated heterocycles. The van der Waals surface area contributed by atoms with Crippen molar-refractivity contribution in [2.75, 3.05) is 19.8 Å². The van der Waals surface area contributed by atoms with Gasteiger partial charge in [-0.2, -0.15) is 0 Å². The minimum Gasteiger partial charge on any atom is -0.486 e. The second-order valence-electron chi connectivity index (χ2n) is 5.33. The summed E-state index contributed by atoms with van der Waals surface area (Å²) in [4.78, 5) is 11.7. The molecule has 0 aliphatic carbocycles. The third kappa shape index (κ3) is 4.93. The summed E-state index contributed by atoms with van der Waals surface area (Å²) >= 11 is 0. The van der Waals surface area contributed by atoms with Crippen LogP contribution < -0.4 is 20.5 Å². The van der Waals surface area contributed by atoms with Crippen LogP contribution in [0.25, 0.3) is 0 Å². The number of nitrogens with two attached hydrogens (primary N) is 1. The summed E-state index contributed by atoms with van der Waals surface area (Å²) in [5, 5.41) is 2.91. The van der Waals surface area contributed by atoms with E-state index in [-0.39, 0.29) is 11.9 Å². The van der Waals surface area contributed by atoms with Crippen molar-refractivity contribution in [1.29, 1.82) is 0 Å². The van der Waals surface area contributed by atoms with Gasteiger partial charge < -0.3 is 20.5 Å². The van der Waals surface area contributed by atoms with Crippen molar-refractivity contribution < 1.29 is 14.3 Å². The highest BCUT2D eigenvalue weighted by Gasteiger charge is 2.12. The van der Waals surface area contributed by atoms with Gasteiger partial charge in [0.15, 0.2) is 11.5 Å². The van der Waals surface area contributed by atoms with Gasteiger partial charge in [0.2, 0.25) is 5.91 Å². The summed E-state index contributed by atoms with van der Waals surface area (Å²) in [6.07, 6.45) is 3.06. The van der Waals surface area contributed by atoms with E-state index >= 15 is 0 Å². The van der Waals surface area contributed by atoms with E-state index in [2.05, 4.69) is 12.2 Å². The Balaban J connectivity index is 1.74.